The van der Waals surface area contributed by atoms with Crippen LogP contribution < -0.4 is 19.7 Å². The number of nitro benzene ring substituents is 1. The molecule has 1 amide bonds. The molecule has 5 rings (SSSR count). The molecule has 0 unspecified atom stereocenters. The third kappa shape index (κ3) is 3.78. The molecule has 2 aromatic rings. The summed E-state index contributed by atoms with van der Waals surface area (Å²) in [5.41, 5.74) is 1.41. The van der Waals surface area contributed by atoms with Crippen molar-refractivity contribution in [1.29, 1.82) is 0 Å². The largest absolute Gasteiger partial charge is 0.448 e. The van der Waals surface area contributed by atoms with Gasteiger partial charge in [-0.3, -0.25) is 14.9 Å². The number of nitro groups is 1. The second kappa shape index (κ2) is 7.76. The number of hydrogen-bond donors (Lipinski definition) is 1. The van der Waals surface area contributed by atoms with Crippen molar-refractivity contribution in [1.82, 2.24) is 0 Å². The van der Waals surface area contributed by atoms with Gasteiger partial charge < -0.3 is 19.7 Å². The minimum atomic E-state index is -0.516. The Balaban J connectivity index is 1.20. The summed E-state index contributed by atoms with van der Waals surface area (Å²) in [5, 5.41) is 14.3. The van der Waals surface area contributed by atoms with Crippen molar-refractivity contribution >= 4 is 23.0 Å². The predicted molar refractivity (Wildman–Crippen MR) is 116 cm³/mol. The third-order valence-corrected chi connectivity index (χ3v) is 6.45. The standard InChI is InChI=1S/C23H25N3O5/c27-22(16-9-13-25(14-10-16)18-5-1-2-6-19(18)26(28)29)24-17-7-8-20-21(15-17)31-23(30-20)11-3-4-12-23/h1-2,5-8,15-16H,3-4,9-14H2,(H,24,27). The van der Waals surface area contributed by atoms with Crippen LogP contribution in [0.4, 0.5) is 17.1 Å². The monoisotopic (exact) mass is 423 g/mol. The van der Waals surface area contributed by atoms with Gasteiger partial charge >= 0.3 is 0 Å². The summed E-state index contributed by atoms with van der Waals surface area (Å²) in [6.45, 7) is 1.21. The first-order valence-corrected chi connectivity index (χ1v) is 10.8. The van der Waals surface area contributed by atoms with Gasteiger partial charge in [0.25, 0.3) is 11.5 Å². The molecular formula is C23H25N3O5. The highest BCUT2D eigenvalue weighted by molar-refractivity contribution is 5.93. The Morgan fingerprint density at radius 1 is 1.06 bits per heavy atom. The molecule has 8 nitrogen and oxygen atoms in total. The molecule has 0 radical (unpaired) electrons. The van der Waals surface area contributed by atoms with Gasteiger partial charge in [0.15, 0.2) is 11.5 Å². The number of rotatable bonds is 4. The fourth-order valence-corrected chi connectivity index (χ4v) is 4.80. The van der Waals surface area contributed by atoms with Gasteiger partial charge in [-0.1, -0.05) is 12.1 Å². The van der Waals surface area contributed by atoms with Crippen LogP contribution in [0.25, 0.3) is 0 Å². The van der Waals surface area contributed by atoms with Crippen molar-refractivity contribution in [3.05, 3.63) is 52.6 Å². The summed E-state index contributed by atoms with van der Waals surface area (Å²) in [6.07, 6.45) is 5.27. The lowest BCUT2D eigenvalue weighted by Gasteiger charge is -2.32. The Morgan fingerprint density at radius 3 is 2.52 bits per heavy atom. The van der Waals surface area contributed by atoms with Crippen LogP contribution in [-0.2, 0) is 4.79 Å². The molecule has 0 atom stereocenters. The van der Waals surface area contributed by atoms with E-state index in [9.17, 15) is 14.9 Å². The highest BCUT2D eigenvalue weighted by Gasteiger charge is 2.44. The fourth-order valence-electron chi connectivity index (χ4n) is 4.80. The molecule has 31 heavy (non-hydrogen) atoms. The highest BCUT2D eigenvalue weighted by Crippen LogP contribution is 2.47. The summed E-state index contributed by atoms with van der Waals surface area (Å²) in [6, 6.07) is 12.3. The van der Waals surface area contributed by atoms with Crippen LogP contribution in [0.1, 0.15) is 38.5 Å². The molecule has 1 saturated carbocycles. The molecular weight excluding hydrogens is 398 g/mol. The van der Waals surface area contributed by atoms with E-state index in [1.165, 1.54) is 6.07 Å². The minimum Gasteiger partial charge on any atom is -0.448 e. The second-order valence-electron chi connectivity index (χ2n) is 8.48. The number of nitrogens with one attached hydrogen (secondary N) is 1. The van der Waals surface area contributed by atoms with E-state index >= 15 is 0 Å². The first kappa shape index (κ1) is 19.7. The maximum absolute atomic E-state index is 12.8. The van der Waals surface area contributed by atoms with E-state index in [-0.39, 0.29) is 22.4 Å². The molecule has 2 aromatic carbocycles. The van der Waals surface area contributed by atoms with E-state index in [1.54, 1.807) is 18.2 Å². The number of amides is 1. The third-order valence-electron chi connectivity index (χ3n) is 6.45. The van der Waals surface area contributed by atoms with E-state index in [0.717, 1.165) is 31.4 Å². The quantitative estimate of drug-likeness (QED) is 0.575. The summed E-state index contributed by atoms with van der Waals surface area (Å²) in [4.78, 5) is 25.8. The molecule has 1 spiro atoms. The molecule has 8 heteroatoms. The lowest BCUT2D eigenvalue weighted by molar-refractivity contribution is -0.384. The van der Waals surface area contributed by atoms with Gasteiger partial charge in [0.05, 0.1) is 4.92 Å². The zero-order chi connectivity index (χ0) is 21.4. The number of fused-ring (bicyclic) bond motifs is 1. The van der Waals surface area contributed by atoms with Crippen molar-refractivity contribution < 1.29 is 19.2 Å². The maximum Gasteiger partial charge on any atom is 0.292 e. The Labute approximate surface area is 180 Å². The van der Waals surface area contributed by atoms with E-state index < -0.39 is 5.79 Å². The summed E-state index contributed by atoms with van der Waals surface area (Å²) in [5.74, 6) is 0.739. The van der Waals surface area contributed by atoms with Crippen LogP contribution in [-0.4, -0.2) is 29.7 Å². The normalized spacial score (nSPS) is 19.5. The van der Waals surface area contributed by atoms with Gasteiger partial charge in [-0.2, -0.15) is 0 Å². The summed E-state index contributed by atoms with van der Waals surface area (Å²) < 4.78 is 12.1. The number of nitrogens with zero attached hydrogens (tertiary/aromatic N) is 2. The molecule has 0 bridgehead atoms. The van der Waals surface area contributed by atoms with Crippen molar-refractivity contribution in [2.75, 3.05) is 23.3 Å². The molecule has 1 N–H and O–H groups in total. The smallest absolute Gasteiger partial charge is 0.292 e. The lowest BCUT2D eigenvalue weighted by Crippen LogP contribution is -2.38. The van der Waals surface area contributed by atoms with Crippen LogP contribution in [0, 0.1) is 16.0 Å². The molecule has 2 aliphatic heterocycles. The predicted octanol–water partition coefficient (Wildman–Crippen LogP) is 4.49. The Hall–Kier alpha value is -3.29. The number of ether oxygens (including phenoxy) is 2. The first-order valence-electron chi connectivity index (χ1n) is 10.8. The number of para-hydroxylation sites is 2. The van der Waals surface area contributed by atoms with E-state index in [2.05, 4.69) is 5.32 Å². The van der Waals surface area contributed by atoms with Gasteiger partial charge in [-0.15, -0.1) is 0 Å². The SMILES string of the molecule is O=C(Nc1ccc2c(c1)OC1(CCCC1)O2)C1CCN(c2ccccc2[N+](=O)[O-])CC1. The highest BCUT2D eigenvalue weighted by atomic mass is 16.7. The molecule has 2 fully saturated rings. The minimum absolute atomic E-state index is 0.0309. The van der Waals surface area contributed by atoms with Crippen LogP contribution in [0.15, 0.2) is 42.5 Å². The molecule has 162 valence electrons. The average molecular weight is 423 g/mol. The van der Waals surface area contributed by atoms with Crippen LogP contribution in [0.3, 0.4) is 0 Å². The van der Waals surface area contributed by atoms with Crippen LogP contribution in [0.2, 0.25) is 0 Å². The Kier molecular flexibility index (Phi) is 4.92. The van der Waals surface area contributed by atoms with E-state index in [1.807, 2.05) is 23.1 Å². The van der Waals surface area contributed by atoms with E-state index in [0.29, 0.717) is 43.1 Å². The van der Waals surface area contributed by atoms with Crippen molar-refractivity contribution in [2.45, 2.75) is 44.3 Å². The molecule has 1 aliphatic carbocycles. The van der Waals surface area contributed by atoms with Gasteiger partial charge in [-0.05, 0) is 43.9 Å². The van der Waals surface area contributed by atoms with Gasteiger partial charge in [0.2, 0.25) is 5.91 Å². The summed E-state index contributed by atoms with van der Waals surface area (Å²) in [7, 11) is 0. The van der Waals surface area contributed by atoms with E-state index in [4.69, 9.17) is 9.47 Å². The average Bonchev–Trinajstić information content (AvgIpc) is 3.39. The maximum atomic E-state index is 12.8. The molecule has 3 aliphatic rings. The zero-order valence-corrected chi connectivity index (χ0v) is 17.2. The van der Waals surface area contributed by atoms with Crippen molar-refractivity contribution in [3.8, 4) is 11.5 Å². The molecule has 1 saturated heterocycles. The summed E-state index contributed by atoms with van der Waals surface area (Å²) >= 11 is 0. The van der Waals surface area contributed by atoms with Crippen molar-refractivity contribution in [2.24, 2.45) is 5.92 Å². The van der Waals surface area contributed by atoms with Crippen molar-refractivity contribution in [3.63, 3.8) is 0 Å². The fraction of sp³-hybridized carbons (Fsp3) is 0.435. The van der Waals surface area contributed by atoms with Crippen LogP contribution >= 0.6 is 0 Å². The number of benzene rings is 2. The van der Waals surface area contributed by atoms with Gasteiger partial charge in [0.1, 0.15) is 5.69 Å². The zero-order valence-electron chi connectivity index (χ0n) is 17.2. The number of hydrogen-bond acceptors (Lipinski definition) is 6. The number of anilines is 2. The molecule has 2 heterocycles. The lowest BCUT2D eigenvalue weighted by atomic mass is 9.95. The van der Waals surface area contributed by atoms with Gasteiger partial charge in [0, 0.05) is 49.7 Å². The van der Waals surface area contributed by atoms with Crippen LogP contribution in [0.5, 0.6) is 11.5 Å². The van der Waals surface area contributed by atoms with Gasteiger partial charge in [-0.25, -0.2) is 0 Å². The molecule has 0 aromatic heterocycles. The Bertz CT molecular complexity index is 1010. The second-order valence-corrected chi connectivity index (χ2v) is 8.48. The number of carbonyl (C=O) groups is 1. The Morgan fingerprint density at radius 2 is 1.77 bits per heavy atom. The topological polar surface area (TPSA) is 93.9 Å². The first-order chi connectivity index (χ1) is 15.0. The number of carbonyl (C=O) groups excluding carboxylic acids is 1. The number of piperidine rings is 1.